The van der Waals surface area contributed by atoms with Crippen LogP contribution in [0.4, 0.5) is 0 Å². The molecule has 0 spiro atoms. The van der Waals surface area contributed by atoms with Crippen molar-refractivity contribution in [1.82, 2.24) is 9.97 Å². The first-order valence-electron chi connectivity index (χ1n) is 7.82. The predicted octanol–water partition coefficient (Wildman–Crippen LogP) is 4.68. The lowest BCUT2D eigenvalue weighted by molar-refractivity contribution is 0.419. The van der Waals surface area contributed by atoms with Crippen LogP contribution in [0.15, 0.2) is 36.7 Å². The minimum atomic E-state index is 0.756. The Morgan fingerprint density at radius 2 is 1.15 bits per heavy atom. The number of pyridine rings is 2. The number of hydrogen-bond donors (Lipinski definition) is 0. The number of rotatable bonds is 3. The molecule has 0 aromatic carbocycles. The standard InChI is InChI=1S/C18H20N2/c1-3-13(4-1)15-7-9-19-17(11-15)18-12-16(8-10-20-18)14-5-2-6-14/h7-14H,1-6H2. The molecule has 2 saturated carbocycles. The van der Waals surface area contributed by atoms with Gasteiger partial charge in [0.05, 0.1) is 11.4 Å². The largest absolute Gasteiger partial charge is 0.255 e. The maximum atomic E-state index is 4.53. The Kier molecular flexibility index (Phi) is 3.02. The van der Waals surface area contributed by atoms with Gasteiger partial charge >= 0.3 is 0 Å². The molecule has 2 heterocycles. The van der Waals surface area contributed by atoms with Crippen LogP contribution in [0.1, 0.15) is 61.5 Å². The van der Waals surface area contributed by atoms with Crippen molar-refractivity contribution in [2.45, 2.75) is 50.4 Å². The highest BCUT2D eigenvalue weighted by atomic mass is 14.8. The molecular formula is C18H20N2. The lowest BCUT2D eigenvalue weighted by Gasteiger charge is -2.26. The van der Waals surface area contributed by atoms with Gasteiger partial charge in [-0.25, -0.2) is 0 Å². The van der Waals surface area contributed by atoms with Gasteiger partial charge in [0.25, 0.3) is 0 Å². The SMILES string of the molecule is c1cc(C2CCC2)cc(-c2cc(C3CCC3)ccn2)n1. The van der Waals surface area contributed by atoms with E-state index in [0.29, 0.717) is 0 Å². The van der Waals surface area contributed by atoms with Gasteiger partial charge < -0.3 is 0 Å². The highest BCUT2D eigenvalue weighted by molar-refractivity contribution is 5.56. The summed E-state index contributed by atoms with van der Waals surface area (Å²) in [6, 6.07) is 8.83. The van der Waals surface area contributed by atoms with E-state index in [4.69, 9.17) is 0 Å². The molecule has 0 radical (unpaired) electrons. The molecule has 0 unspecified atom stereocenters. The third-order valence-corrected chi connectivity index (χ3v) is 4.98. The Balaban J connectivity index is 1.65. The van der Waals surface area contributed by atoms with E-state index >= 15 is 0 Å². The first-order valence-corrected chi connectivity index (χ1v) is 7.82. The number of hydrogen-bond acceptors (Lipinski definition) is 2. The normalized spacial score (nSPS) is 19.4. The fraction of sp³-hybridized carbons (Fsp3) is 0.444. The predicted molar refractivity (Wildman–Crippen MR) is 80.7 cm³/mol. The Bertz CT molecular complexity index is 557. The molecule has 4 rings (SSSR count). The van der Waals surface area contributed by atoms with Gasteiger partial charge in [0.15, 0.2) is 0 Å². The van der Waals surface area contributed by atoms with Crippen molar-refractivity contribution in [3.8, 4) is 11.4 Å². The Labute approximate surface area is 120 Å². The molecule has 0 bridgehead atoms. The monoisotopic (exact) mass is 264 g/mol. The first kappa shape index (κ1) is 12.1. The molecule has 0 atom stereocenters. The highest BCUT2D eigenvalue weighted by Gasteiger charge is 2.21. The molecule has 2 fully saturated rings. The summed E-state index contributed by atoms with van der Waals surface area (Å²) in [5.41, 5.74) is 4.96. The van der Waals surface area contributed by atoms with Crippen molar-refractivity contribution in [3.05, 3.63) is 47.8 Å². The van der Waals surface area contributed by atoms with Gasteiger partial charge in [-0.2, -0.15) is 0 Å². The van der Waals surface area contributed by atoms with Crippen molar-refractivity contribution >= 4 is 0 Å². The minimum absolute atomic E-state index is 0.756. The Hall–Kier alpha value is -1.70. The van der Waals surface area contributed by atoms with Crippen molar-refractivity contribution in [1.29, 1.82) is 0 Å². The zero-order valence-electron chi connectivity index (χ0n) is 11.8. The molecule has 2 heteroatoms. The Morgan fingerprint density at radius 3 is 1.50 bits per heavy atom. The van der Waals surface area contributed by atoms with E-state index in [0.717, 1.165) is 23.2 Å². The molecule has 2 aliphatic rings. The molecule has 102 valence electrons. The molecule has 2 aromatic rings. The molecular weight excluding hydrogens is 244 g/mol. The molecule has 20 heavy (non-hydrogen) atoms. The summed E-state index contributed by atoms with van der Waals surface area (Å²) in [5.74, 6) is 1.51. The zero-order chi connectivity index (χ0) is 13.4. The second-order valence-electron chi connectivity index (χ2n) is 6.20. The maximum Gasteiger partial charge on any atom is 0.0889 e. The fourth-order valence-electron chi connectivity index (χ4n) is 3.16. The van der Waals surface area contributed by atoms with E-state index in [1.807, 2.05) is 12.4 Å². The van der Waals surface area contributed by atoms with Crippen LogP contribution in [-0.2, 0) is 0 Å². The van der Waals surface area contributed by atoms with Crippen molar-refractivity contribution < 1.29 is 0 Å². The Morgan fingerprint density at radius 1 is 0.700 bits per heavy atom. The molecule has 2 aliphatic carbocycles. The summed E-state index contributed by atoms with van der Waals surface area (Å²) in [7, 11) is 0. The van der Waals surface area contributed by atoms with Crippen molar-refractivity contribution in [2.75, 3.05) is 0 Å². The molecule has 2 nitrogen and oxygen atoms in total. The van der Waals surface area contributed by atoms with Crippen LogP contribution in [-0.4, -0.2) is 9.97 Å². The summed E-state index contributed by atoms with van der Waals surface area (Å²) in [4.78, 5) is 9.06. The summed E-state index contributed by atoms with van der Waals surface area (Å²) >= 11 is 0. The van der Waals surface area contributed by atoms with Crippen LogP contribution < -0.4 is 0 Å². The topological polar surface area (TPSA) is 25.8 Å². The van der Waals surface area contributed by atoms with E-state index in [9.17, 15) is 0 Å². The van der Waals surface area contributed by atoms with Crippen LogP contribution in [0.2, 0.25) is 0 Å². The minimum Gasteiger partial charge on any atom is -0.255 e. The third kappa shape index (κ3) is 2.13. The molecule has 0 N–H and O–H groups in total. The van der Waals surface area contributed by atoms with Crippen molar-refractivity contribution in [2.24, 2.45) is 0 Å². The summed E-state index contributed by atoms with van der Waals surface area (Å²) in [6.45, 7) is 0. The van der Waals surface area contributed by atoms with E-state index in [1.165, 1.54) is 49.7 Å². The van der Waals surface area contributed by atoms with Crippen molar-refractivity contribution in [3.63, 3.8) is 0 Å². The van der Waals surface area contributed by atoms with Gasteiger partial charge in [0.2, 0.25) is 0 Å². The molecule has 2 aromatic heterocycles. The molecule has 0 saturated heterocycles. The van der Waals surface area contributed by atoms with Gasteiger partial charge in [-0.3, -0.25) is 9.97 Å². The summed E-state index contributed by atoms with van der Waals surface area (Å²) in [5, 5.41) is 0. The summed E-state index contributed by atoms with van der Waals surface area (Å²) < 4.78 is 0. The van der Waals surface area contributed by atoms with Crippen LogP contribution in [0.25, 0.3) is 11.4 Å². The number of aromatic nitrogens is 2. The number of nitrogens with zero attached hydrogens (tertiary/aromatic N) is 2. The second kappa shape index (κ2) is 5.01. The lowest BCUT2D eigenvalue weighted by Crippen LogP contribution is -2.10. The lowest BCUT2D eigenvalue weighted by atomic mass is 9.79. The second-order valence-corrected chi connectivity index (χ2v) is 6.20. The van der Waals surface area contributed by atoms with Gasteiger partial charge in [-0.15, -0.1) is 0 Å². The van der Waals surface area contributed by atoms with Crippen LogP contribution in [0.3, 0.4) is 0 Å². The van der Waals surface area contributed by atoms with E-state index in [-0.39, 0.29) is 0 Å². The smallest absolute Gasteiger partial charge is 0.0889 e. The van der Waals surface area contributed by atoms with Gasteiger partial charge in [0.1, 0.15) is 0 Å². The van der Waals surface area contributed by atoms with E-state index < -0.39 is 0 Å². The van der Waals surface area contributed by atoms with E-state index in [1.54, 1.807) is 0 Å². The molecule has 0 amide bonds. The van der Waals surface area contributed by atoms with Gasteiger partial charge in [-0.1, -0.05) is 12.8 Å². The molecule has 0 aliphatic heterocycles. The van der Waals surface area contributed by atoms with Gasteiger partial charge in [-0.05, 0) is 72.9 Å². The average Bonchev–Trinajstić information content (AvgIpc) is 2.35. The third-order valence-electron chi connectivity index (χ3n) is 4.98. The quantitative estimate of drug-likeness (QED) is 0.804. The zero-order valence-corrected chi connectivity index (χ0v) is 11.8. The average molecular weight is 264 g/mol. The first-order chi connectivity index (χ1) is 9.90. The summed E-state index contributed by atoms with van der Waals surface area (Å²) in [6.07, 6.45) is 12.0. The van der Waals surface area contributed by atoms with Crippen LogP contribution >= 0.6 is 0 Å². The van der Waals surface area contributed by atoms with Gasteiger partial charge in [0, 0.05) is 12.4 Å². The highest BCUT2D eigenvalue weighted by Crippen LogP contribution is 2.38. The maximum absolute atomic E-state index is 4.53. The van der Waals surface area contributed by atoms with Crippen LogP contribution in [0.5, 0.6) is 0 Å². The van der Waals surface area contributed by atoms with E-state index in [2.05, 4.69) is 34.2 Å². The fourth-order valence-corrected chi connectivity index (χ4v) is 3.16. The van der Waals surface area contributed by atoms with Crippen LogP contribution in [0, 0.1) is 0 Å².